The van der Waals surface area contributed by atoms with Crippen molar-refractivity contribution in [2.75, 3.05) is 0 Å². The van der Waals surface area contributed by atoms with Crippen molar-refractivity contribution in [3.05, 3.63) is 81.7 Å². The quantitative estimate of drug-likeness (QED) is 0.383. The van der Waals surface area contributed by atoms with Crippen LogP contribution in [0.15, 0.2) is 71.7 Å². The van der Waals surface area contributed by atoms with E-state index in [1.54, 1.807) is 12.3 Å². The number of aliphatic imine (C=N–C) groups is 1. The van der Waals surface area contributed by atoms with E-state index in [9.17, 15) is 10.1 Å². The van der Waals surface area contributed by atoms with E-state index in [1.807, 2.05) is 54.6 Å². The smallest absolute Gasteiger partial charge is 0.258 e. The molecule has 108 valence electrons. The van der Waals surface area contributed by atoms with E-state index < -0.39 is 0 Å². The molecule has 1 aromatic heterocycles. The predicted octanol–water partition coefficient (Wildman–Crippen LogP) is 5.07. The number of thiophene rings is 1. The van der Waals surface area contributed by atoms with Gasteiger partial charge in [-0.05, 0) is 17.7 Å². The van der Waals surface area contributed by atoms with Crippen molar-refractivity contribution in [3.63, 3.8) is 0 Å². The van der Waals surface area contributed by atoms with Crippen molar-refractivity contribution in [2.24, 2.45) is 4.99 Å². The second-order valence-corrected chi connectivity index (χ2v) is 5.67. The molecule has 22 heavy (non-hydrogen) atoms. The van der Waals surface area contributed by atoms with Gasteiger partial charge in [-0.1, -0.05) is 59.9 Å². The van der Waals surface area contributed by atoms with Gasteiger partial charge in [0.25, 0.3) is 0 Å². The molecule has 0 saturated carbocycles. The van der Waals surface area contributed by atoms with Gasteiger partial charge in [-0.2, -0.15) is 0 Å². The molecule has 0 fully saturated rings. The minimum absolute atomic E-state index is 0.123. The molecule has 5 heteroatoms. The van der Waals surface area contributed by atoms with Crippen LogP contribution in [0, 0.1) is 10.1 Å². The molecule has 0 aliphatic rings. The average molecular weight is 308 g/mol. The fourth-order valence-electron chi connectivity index (χ4n) is 2.09. The van der Waals surface area contributed by atoms with Crippen molar-refractivity contribution in [2.45, 2.75) is 0 Å². The zero-order chi connectivity index (χ0) is 15.4. The van der Waals surface area contributed by atoms with Gasteiger partial charge in [-0.15, -0.1) is 0 Å². The molecule has 0 atom stereocenters. The zero-order valence-corrected chi connectivity index (χ0v) is 12.4. The first-order valence-electron chi connectivity index (χ1n) is 6.67. The van der Waals surface area contributed by atoms with Crippen LogP contribution in [0.25, 0.3) is 11.1 Å². The Morgan fingerprint density at radius 1 is 0.955 bits per heavy atom. The number of nitrogens with zero attached hydrogens (tertiary/aromatic N) is 2. The summed E-state index contributed by atoms with van der Waals surface area (Å²) in [5.41, 5.74) is 2.96. The summed E-state index contributed by atoms with van der Waals surface area (Å²) in [6.07, 6.45) is 1.67. The molecule has 1 heterocycles. The van der Waals surface area contributed by atoms with E-state index in [2.05, 4.69) is 4.99 Å². The minimum Gasteiger partial charge on any atom is -0.258 e. The lowest BCUT2D eigenvalue weighted by molar-refractivity contribution is -0.380. The predicted molar refractivity (Wildman–Crippen MR) is 90.1 cm³/mol. The van der Waals surface area contributed by atoms with Crippen LogP contribution in [0.1, 0.15) is 4.88 Å². The third kappa shape index (κ3) is 3.10. The molecule has 0 amide bonds. The fraction of sp³-hybridized carbons (Fsp3) is 0. The largest absolute Gasteiger partial charge is 0.324 e. The topological polar surface area (TPSA) is 55.5 Å². The molecule has 0 aliphatic heterocycles. The number of hydrogen-bond donors (Lipinski definition) is 0. The number of benzene rings is 2. The Morgan fingerprint density at radius 3 is 2.41 bits per heavy atom. The molecule has 0 unspecified atom stereocenters. The van der Waals surface area contributed by atoms with E-state index in [0.717, 1.165) is 33.0 Å². The van der Waals surface area contributed by atoms with E-state index in [4.69, 9.17) is 0 Å². The zero-order valence-electron chi connectivity index (χ0n) is 11.5. The molecule has 0 saturated heterocycles. The minimum atomic E-state index is -0.389. The second-order valence-electron chi connectivity index (χ2n) is 4.57. The highest BCUT2D eigenvalue weighted by atomic mass is 32.1. The molecule has 4 nitrogen and oxygen atoms in total. The SMILES string of the molecule is O=[N+]([O-])c1ccc(C=Nc2ccccc2-c2ccccc2)s1. The molecular weight excluding hydrogens is 296 g/mol. The first-order chi connectivity index (χ1) is 10.7. The Bertz CT molecular complexity index is 825. The maximum Gasteiger partial charge on any atom is 0.324 e. The first-order valence-corrected chi connectivity index (χ1v) is 7.48. The third-order valence-electron chi connectivity index (χ3n) is 3.11. The highest BCUT2D eigenvalue weighted by molar-refractivity contribution is 7.16. The first kappa shape index (κ1) is 14.2. The van der Waals surface area contributed by atoms with Gasteiger partial charge in [-0.3, -0.25) is 15.1 Å². The van der Waals surface area contributed by atoms with E-state index in [0.29, 0.717) is 0 Å². The Morgan fingerprint density at radius 2 is 1.68 bits per heavy atom. The van der Waals surface area contributed by atoms with Crippen molar-refractivity contribution >= 4 is 28.2 Å². The number of nitro groups is 1. The highest BCUT2D eigenvalue weighted by Gasteiger charge is 2.08. The van der Waals surface area contributed by atoms with Gasteiger partial charge in [0.15, 0.2) is 0 Å². The van der Waals surface area contributed by atoms with Crippen LogP contribution in [-0.4, -0.2) is 11.1 Å². The fourth-order valence-corrected chi connectivity index (χ4v) is 2.78. The second kappa shape index (κ2) is 6.32. The monoisotopic (exact) mass is 308 g/mol. The maximum atomic E-state index is 10.7. The molecule has 3 rings (SSSR count). The number of para-hydroxylation sites is 1. The normalized spacial score (nSPS) is 10.9. The van der Waals surface area contributed by atoms with Gasteiger partial charge >= 0.3 is 5.00 Å². The van der Waals surface area contributed by atoms with Gasteiger partial charge in [0, 0.05) is 17.8 Å². The van der Waals surface area contributed by atoms with E-state index in [1.165, 1.54) is 6.07 Å². The summed E-state index contributed by atoms with van der Waals surface area (Å²) in [6.45, 7) is 0. The van der Waals surface area contributed by atoms with Gasteiger partial charge in [0.1, 0.15) is 0 Å². The maximum absolute atomic E-state index is 10.7. The average Bonchev–Trinajstić information content (AvgIpc) is 3.03. The van der Waals surface area contributed by atoms with Crippen molar-refractivity contribution in [3.8, 4) is 11.1 Å². The summed E-state index contributed by atoms with van der Waals surface area (Å²) in [7, 11) is 0. The highest BCUT2D eigenvalue weighted by Crippen LogP contribution is 2.30. The summed E-state index contributed by atoms with van der Waals surface area (Å²) in [5.74, 6) is 0. The van der Waals surface area contributed by atoms with Crippen molar-refractivity contribution < 1.29 is 4.92 Å². The van der Waals surface area contributed by atoms with Crippen LogP contribution in [0.5, 0.6) is 0 Å². The molecule has 0 spiro atoms. The molecule has 0 radical (unpaired) electrons. The number of hydrogen-bond acceptors (Lipinski definition) is 4. The Balaban J connectivity index is 1.92. The van der Waals surface area contributed by atoms with E-state index in [-0.39, 0.29) is 9.92 Å². The van der Waals surface area contributed by atoms with Crippen LogP contribution < -0.4 is 0 Å². The Labute approximate surface area is 131 Å². The summed E-state index contributed by atoms with van der Waals surface area (Å²) in [4.78, 5) is 15.6. The van der Waals surface area contributed by atoms with Gasteiger partial charge in [-0.25, -0.2) is 0 Å². The third-order valence-corrected chi connectivity index (χ3v) is 4.08. The molecule has 2 aromatic carbocycles. The Hall–Kier alpha value is -2.79. The summed E-state index contributed by atoms with van der Waals surface area (Å²) in [5, 5.41) is 10.8. The van der Waals surface area contributed by atoms with Crippen LogP contribution in [0.3, 0.4) is 0 Å². The van der Waals surface area contributed by atoms with E-state index >= 15 is 0 Å². The summed E-state index contributed by atoms with van der Waals surface area (Å²) in [6, 6.07) is 21.0. The molecular formula is C17H12N2O2S. The molecule has 3 aromatic rings. The standard InChI is InChI=1S/C17H12N2O2S/c20-19(21)17-11-10-14(22-17)12-18-16-9-5-4-8-15(16)13-6-2-1-3-7-13/h1-12H. The van der Waals surface area contributed by atoms with Crippen LogP contribution >= 0.6 is 11.3 Å². The molecule has 0 N–H and O–H groups in total. The van der Waals surface area contributed by atoms with Crippen LogP contribution in [0.4, 0.5) is 10.7 Å². The summed E-state index contributed by atoms with van der Waals surface area (Å²) < 4.78 is 0. The summed E-state index contributed by atoms with van der Waals surface area (Å²) >= 11 is 1.11. The van der Waals surface area contributed by atoms with Crippen molar-refractivity contribution in [1.29, 1.82) is 0 Å². The lowest BCUT2D eigenvalue weighted by atomic mass is 10.0. The van der Waals surface area contributed by atoms with Crippen LogP contribution in [-0.2, 0) is 0 Å². The Kier molecular flexibility index (Phi) is 4.07. The lowest BCUT2D eigenvalue weighted by Gasteiger charge is -2.04. The van der Waals surface area contributed by atoms with Gasteiger partial charge in [0.2, 0.25) is 0 Å². The van der Waals surface area contributed by atoms with Gasteiger partial charge < -0.3 is 0 Å². The molecule has 0 aliphatic carbocycles. The van der Waals surface area contributed by atoms with Gasteiger partial charge in [0.05, 0.1) is 15.5 Å². The molecule has 0 bridgehead atoms. The number of rotatable bonds is 4. The lowest BCUT2D eigenvalue weighted by Crippen LogP contribution is -1.81. The van der Waals surface area contributed by atoms with Crippen LogP contribution in [0.2, 0.25) is 0 Å². The van der Waals surface area contributed by atoms with Crippen molar-refractivity contribution in [1.82, 2.24) is 0 Å².